The molecule has 17 heavy (non-hydrogen) atoms. The maximum atomic E-state index is 12.2. The molecule has 0 fully saturated rings. The molecule has 0 saturated heterocycles. The van der Waals surface area contributed by atoms with Crippen LogP contribution in [0.3, 0.4) is 0 Å². The first-order chi connectivity index (χ1) is 8.18. The zero-order valence-electron chi connectivity index (χ0n) is 9.11. The number of benzene rings is 2. The van der Waals surface area contributed by atoms with Gasteiger partial charge in [-0.1, -0.05) is 48.5 Å². The highest BCUT2D eigenvalue weighted by Crippen LogP contribution is 2.14. The molecule has 0 bridgehead atoms. The Hall–Kier alpha value is -1.23. The maximum Gasteiger partial charge on any atom is 0.173 e. The van der Waals surface area contributed by atoms with Crippen LogP contribution in [-0.4, -0.2) is 4.21 Å². The van der Waals surface area contributed by atoms with Gasteiger partial charge in [0, 0.05) is 11.2 Å². The Morgan fingerprint density at radius 1 is 0.941 bits per heavy atom. The van der Waals surface area contributed by atoms with Gasteiger partial charge in [-0.2, -0.15) is 0 Å². The normalized spacial score (nSPS) is 14.1. The van der Waals surface area contributed by atoms with Crippen LogP contribution in [0.2, 0.25) is 0 Å². The van der Waals surface area contributed by atoms with Crippen molar-refractivity contribution in [3.8, 4) is 0 Å². The van der Waals surface area contributed by atoms with Crippen LogP contribution in [0.1, 0.15) is 5.56 Å². The molecule has 2 aromatic carbocycles. The third kappa shape index (κ3) is 3.36. The fourth-order valence-electron chi connectivity index (χ4n) is 1.38. The molecule has 0 heterocycles. The van der Waals surface area contributed by atoms with Gasteiger partial charge in [0.1, 0.15) is 0 Å². The summed E-state index contributed by atoms with van der Waals surface area (Å²) in [7, 11) is -2.83. The highest BCUT2D eigenvalue weighted by Gasteiger charge is 2.09. The molecule has 0 aliphatic heterocycles. The first-order valence-corrected chi connectivity index (χ1v) is 7.58. The van der Waals surface area contributed by atoms with Gasteiger partial charge in [-0.25, -0.2) is 4.21 Å². The van der Waals surface area contributed by atoms with Gasteiger partial charge in [0.25, 0.3) is 0 Å². The maximum absolute atomic E-state index is 12.2. The Labute approximate surface area is 106 Å². The van der Waals surface area contributed by atoms with Crippen LogP contribution >= 0.6 is 0 Å². The number of rotatable bonds is 4. The van der Waals surface area contributed by atoms with Gasteiger partial charge in [0.2, 0.25) is 0 Å². The molecule has 0 aliphatic carbocycles. The van der Waals surface area contributed by atoms with E-state index < -0.39 is 8.77 Å². The Kier molecular flexibility index (Phi) is 3.89. The van der Waals surface area contributed by atoms with Crippen molar-refractivity contribution in [3.05, 3.63) is 66.2 Å². The van der Waals surface area contributed by atoms with Gasteiger partial charge in [-0.3, -0.25) is 4.18 Å². The third-order valence-electron chi connectivity index (χ3n) is 2.26. The molecule has 0 spiro atoms. The predicted molar refractivity (Wildman–Crippen MR) is 71.4 cm³/mol. The Balaban J connectivity index is 2.09. The molecule has 0 N–H and O–H groups in total. The molecule has 2 nitrogen and oxygen atoms in total. The lowest BCUT2D eigenvalue weighted by Gasteiger charge is -2.08. The average Bonchev–Trinajstić information content (AvgIpc) is 2.39. The van der Waals surface area contributed by atoms with Gasteiger partial charge in [0.15, 0.2) is 8.77 Å². The van der Waals surface area contributed by atoms with E-state index in [1.165, 1.54) is 0 Å². The molecule has 4 heteroatoms. The van der Waals surface area contributed by atoms with Crippen LogP contribution in [0, 0.1) is 0 Å². The molecule has 2 aromatic rings. The van der Waals surface area contributed by atoms with E-state index in [1.54, 1.807) is 24.3 Å². The highest BCUT2D eigenvalue weighted by molar-refractivity contribution is 8.30. The largest absolute Gasteiger partial charge is 0.282 e. The molecular weight excluding hydrogens is 252 g/mol. The van der Waals surface area contributed by atoms with Crippen LogP contribution in [0.25, 0.3) is 0 Å². The second-order valence-electron chi connectivity index (χ2n) is 3.51. The van der Waals surface area contributed by atoms with Crippen molar-refractivity contribution < 1.29 is 8.39 Å². The van der Waals surface area contributed by atoms with E-state index in [0.717, 1.165) is 5.56 Å². The Morgan fingerprint density at radius 3 is 2.06 bits per heavy atom. The highest BCUT2D eigenvalue weighted by atomic mass is 32.8. The van der Waals surface area contributed by atoms with Crippen LogP contribution in [0.4, 0.5) is 0 Å². The molecule has 0 amide bonds. The van der Waals surface area contributed by atoms with Gasteiger partial charge < -0.3 is 0 Å². The molecule has 0 aromatic heterocycles. The fourth-order valence-corrected chi connectivity index (χ4v) is 2.77. The van der Waals surface area contributed by atoms with Crippen LogP contribution < -0.4 is 0 Å². The molecule has 1 unspecified atom stereocenters. The standard InChI is InChI=1S/C13H12O2S2/c14-17(16,13-9-5-2-6-10-13)15-11-12-7-3-1-4-8-12/h1-10H,11H2. The van der Waals surface area contributed by atoms with Crippen molar-refractivity contribution in [2.24, 2.45) is 0 Å². The number of hydrogen-bond donors (Lipinski definition) is 0. The van der Waals surface area contributed by atoms with E-state index in [0.29, 0.717) is 4.90 Å². The summed E-state index contributed by atoms with van der Waals surface area (Å²) in [4.78, 5) is 0.547. The van der Waals surface area contributed by atoms with E-state index >= 15 is 0 Å². The molecule has 0 saturated carbocycles. The summed E-state index contributed by atoms with van der Waals surface area (Å²) in [5, 5.41) is 0. The second kappa shape index (κ2) is 5.40. The zero-order chi connectivity index (χ0) is 12.1. The minimum Gasteiger partial charge on any atom is -0.282 e. The van der Waals surface area contributed by atoms with E-state index in [-0.39, 0.29) is 6.61 Å². The predicted octanol–water partition coefficient (Wildman–Crippen LogP) is 2.92. The first-order valence-electron chi connectivity index (χ1n) is 5.17. The minimum absolute atomic E-state index is 0.262. The molecule has 88 valence electrons. The minimum atomic E-state index is -2.83. The first kappa shape index (κ1) is 12.2. The van der Waals surface area contributed by atoms with Crippen molar-refractivity contribution in [2.75, 3.05) is 0 Å². The van der Waals surface area contributed by atoms with E-state index in [2.05, 4.69) is 0 Å². The molecule has 0 aliphatic rings. The monoisotopic (exact) mass is 264 g/mol. The lowest BCUT2D eigenvalue weighted by atomic mass is 10.2. The van der Waals surface area contributed by atoms with Crippen molar-refractivity contribution in [1.29, 1.82) is 0 Å². The van der Waals surface area contributed by atoms with E-state index in [4.69, 9.17) is 15.4 Å². The Bertz CT molecular complexity index is 563. The summed E-state index contributed by atoms with van der Waals surface area (Å²) in [5.41, 5.74) is 0.959. The van der Waals surface area contributed by atoms with Crippen molar-refractivity contribution in [3.63, 3.8) is 0 Å². The molecule has 2 rings (SSSR count). The SMILES string of the molecule is O=S(=S)(OCc1ccccc1)c1ccccc1. The summed E-state index contributed by atoms with van der Waals surface area (Å²) in [5.74, 6) is 0. The molecular formula is C13H12O2S2. The Morgan fingerprint density at radius 2 is 1.47 bits per heavy atom. The van der Waals surface area contributed by atoms with Crippen molar-refractivity contribution >= 4 is 20.0 Å². The van der Waals surface area contributed by atoms with E-state index in [1.807, 2.05) is 36.4 Å². The average molecular weight is 264 g/mol. The summed E-state index contributed by atoms with van der Waals surface area (Å²) in [6, 6.07) is 18.5. The third-order valence-corrected chi connectivity index (χ3v) is 4.40. The summed E-state index contributed by atoms with van der Waals surface area (Å²) in [6.07, 6.45) is 0. The lowest BCUT2D eigenvalue weighted by Crippen LogP contribution is -2.04. The van der Waals surface area contributed by atoms with Crippen LogP contribution in [-0.2, 0) is 30.8 Å². The van der Waals surface area contributed by atoms with Gasteiger partial charge in [-0.15, -0.1) is 0 Å². The summed E-state index contributed by atoms with van der Waals surface area (Å²) < 4.78 is 17.5. The summed E-state index contributed by atoms with van der Waals surface area (Å²) >= 11 is 5.01. The summed E-state index contributed by atoms with van der Waals surface area (Å²) in [6.45, 7) is 0.262. The van der Waals surface area contributed by atoms with Crippen LogP contribution in [0.5, 0.6) is 0 Å². The van der Waals surface area contributed by atoms with Crippen molar-refractivity contribution in [2.45, 2.75) is 11.5 Å². The van der Waals surface area contributed by atoms with E-state index in [9.17, 15) is 4.21 Å². The van der Waals surface area contributed by atoms with Crippen LogP contribution in [0.15, 0.2) is 65.6 Å². The lowest BCUT2D eigenvalue weighted by molar-refractivity contribution is 0.335. The fraction of sp³-hybridized carbons (Fsp3) is 0.0769. The quantitative estimate of drug-likeness (QED) is 0.849. The van der Waals surface area contributed by atoms with Crippen molar-refractivity contribution in [1.82, 2.24) is 0 Å². The topological polar surface area (TPSA) is 26.3 Å². The zero-order valence-corrected chi connectivity index (χ0v) is 10.7. The van der Waals surface area contributed by atoms with Gasteiger partial charge in [-0.05, 0) is 17.7 Å². The number of hydrogen-bond acceptors (Lipinski definition) is 3. The van der Waals surface area contributed by atoms with Gasteiger partial charge >= 0.3 is 0 Å². The second-order valence-corrected chi connectivity index (χ2v) is 6.45. The molecule has 1 atom stereocenters. The smallest absolute Gasteiger partial charge is 0.173 e. The molecule has 0 radical (unpaired) electrons. The van der Waals surface area contributed by atoms with Gasteiger partial charge in [0.05, 0.1) is 11.5 Å².